The van der Waals surface area contributed by atoms with Gasteiger partial charge in [-0.15, -0.1) is 0 Å². The summed E-state index contributed by atoms with van der Waals surface area (Å²) in [5, 5.41) is 0. The zero-order valence-electron chi connectivity index (χ0n) is 14.8. The van der Waals surface area contributed by atoms with Crippen LogP contribution in [0, 0.1) is 5.41 Å². The minimum Gasteiger partial charge on any atom is -0.384 e. The molecule has 5 nitrogen and oxygen atoms in total. The zero-order valence-corrected chi connectivity index (χ0v) is 14.8. The summed E-state index contributed by atoms with van der Waals surface area (Å²) >= 11 is 0. The molecule has 3 heterocycles. The van der Waals surface area contributed by atoms with Crippen molar-refractivity contribution in [1.29, 1.82) is 0 Å². The van der Waals surface area contributed by atoms with Gasteiger partial charge in [-0.1, -0.05) is 30.3 Å². The third-order valence-electron chi connectivity index (χ3n) is 5.65. The van der Waals surface area contributed by atoms with Gasteiger partial charge in [-0.2, -0.15) is 0 Å². The summed E-state index contributed by atoms with van der Waals surface area (Å²) in [7, 11) is 0. The number of nitrogens with two attached hydrogens (primary N) is 1. The van der Waals surface area contributed by atoms with E-state index in [9.17, 15) is 0 Å². The molecule has 0 aliphatic carbocycles. The van der Waals surface area contributed by atoms with Crippen molar-refractivity contribution in [2.24, 2.45) is 5.41 Å². The first-order valence-electron chi connectivity index (χ1n) is 9.31. The highest BCUT2D eigenvalue weighted by Crippen LogP contribution is 2.39. The molecule has 5 heteroatoms. The average molecular weight is 337 g/mol. The highest BCUT2D eigenvalue weighted by atomic mass is 15.2. The van der Waals surface area contributed by atoms with Gasteiger partial charge >= 0.3 is 0 Å². The normalized spacial score (nSPS) is 24.6. The lowest BCUT2D eigenvalue weighted by atomic mass is 9.73. The van der Waals surface area contributed by atoms with Gasteiger partial charge in [0, 0.05) is 37.7 Å². The third-order valence-corrected chi connectivity index (χ3v) is 5.65. The second-order valence-corrected chi connectivity index (χ2v) is 7.63. The molecule has 0 amide bonds. The maximum atomic E-state index is 5.86. The highest BCUT2D eigenvalue weighted by molar-refractivity contribution is 5.46. The Hall–Kier alpha value is -2.14. The molecule has 0 radical (unpaired) electrons. The van der Waals surface area contributed by atoms with Crippen LogP contribution in [-0.2, 0) is 6.54 Å². The molecule has 0 saturated carbocycles. The molecule has 1 spiro atoms. The Balaban J connectivity index is 1.46. The summed E-state index contributed by atoms with van der Waals surface area (Å²) in [4.78, 5) is 13.5. The lowest BCUT2D eigenvalue weighted by Gasteiger charge is -2.49. The van der Waals surface area contributed by atoms with Gasteiger partial charge in [0.1, 0.15) is 18.0 Å². The summed E-state index contributed by atoms with van der Waals surface area (Å²) in [6, 6.07) is 12.7. The van der Waals surface area contributed by atoms with Gasteiger partial charge in [-0.3, -0.25) is 4.90 Å². The van der Waals surface area contributed by atoms with Gasteiger partial charge in [-0.25, -0.2) is 9.97 Å². The monoisotopic (exact) mass is 337 g/mol. The van der Waals surface area contributed by atoms with Gasteiger partial charge in [-0.05, 0) is 37.8 Å². The average Bonchev–Trinajstić information content (AvgIpc) is 2.63. The minimum atomic E-state index is 0.380. The number of likely N-dealkylation sites (tertiary alicyclic amines) is 1. The third kappa shape index (κ3) is 3.76. The van der Waals surface area contributed by atoms with E-state index in [1.165, 1.54) is 44.3 Å². The summed E-state index contributed by atoms with van der Waals surface area (Å²) in [5.74, 6) is 1.53. The van der Waals surface area contributed by atoms with Crippen molar-refractivity contribution in [1.82, 2.24) is 14.9 Å². The molecule has 2 aliphatic rings. The number of rotatable bonds is 3. The van der Waals surface area contributed by atoms with Crippen LogP contribution in [-0.4, -0.2) is 41.0 Å². The number of nitrogens with zero attached hydrogens (tertiary/aromatic N) is 4. The van der Waals surface area contributed by atoms with E-state index in [1.54, 1.807) is 6.33 Å². The van der Waals surface area contributed by atoms with Crippen LogP contribution in [0.4, 0.5) is 11.6 Å². The molecule has 0 unspecified atom stereocenters. The molecule has 4 rings (SSSR count). The maximum Gasteiger partial charge on any atom is 0.134 e. The van der Waals surface area contributed by atoms with E-state index in [1.807, 2.05) is 6.07 Å². The Bertz CT molecular complexity index is 700. The van der Waals surface area contributed by atoms with Crippen LogP contribution in [0.5, 0.6) is 0 Å². The number of benzene rings is 1. The summed E-state index contributed by atoms with van der Waals surface area (Å²) in [6.45, 7) is 5.59. The Morgan fingerprint density at radius 1 is 1.00 bits per heavy atom. The molecule has 2 N–H and O–H groups in total. The van der Waals surface area contributed by atoms with Crippen LogP contribution in [0.2, 0.25) is 0 Å². The molecule has 1 aromatic carbocycles. The van der Waals surface area contributed by atoms with Crippen molar-refractivity contribution in [3.63, 3.8) is 0 Å². The Morgan fingerprint density at radius 2 is 1.80 bits per heavy atom. The molecule has 2 saturated heterocycles. The number of hydrogen-bond acceptors (Lipinski definition) is 5. The molecular formula is C20H27N5. The fourth-order valence-electron chi connectivity index (χ4n) is 4.56. The Kier molecular flexibility index (Phi) is 4.57. The molecule has 2 aliphatic heterocycles. The van der Waals surface area contributed by atoms with Crippen molar-refractivity contribution in [3.05, 3.63) is 48.3 Å². The van der Waals surface area contributed by atoms with Crippen molar-refractivity contribution < 1.29 is 0 Å². The molecule has 2 fully saturated rings. The van der Waals surface area contributed by atoms with Crippen LogP contribution in [0.1, 0.15) is 31.2 Å². The zero-order chi connectivity index (χ0) is 17.1. The van der Waals surface area contributed by atoms with Crippen LogP contribution < -0.4 is 10.6 Å². The van der Waals surface area contributed by atoms with E-state index >= 15 is 0 Å². The van der Waals surface area contributed by atoms with E-state index in [0.717, 1.165) is 25.5 Å². The summed E-state index contributed by atoms with van der Waals surface area (Å²) in [5.41, 5.74) is 7.65. The molecule has 25 heavy (non-hydrogen) atoms. The summed E-state index contributed by atoms with van der Waals surface area (Å²) < 4.78 is 0. The molecule has 1 aromatic heterocycles. The Morgan fingerprint density at radius 3 is 2.60 bits per heavy atom. The van der Waals surface area contributed by atoms with Crippen molar-refractivity contribution in [2.75, 3.05) is 36.8 Å². The predicted molar refractivity (Wildman–Crippen MR) is 101 cm³/mol. The van der Waals surface area contributed by atoms with Crippen LogP contribution in [0.25, 0.3) is 0 Å². The first kappa shape index (κ1) is 16.3. The number of anilines is 2. The second-order valence-electron chi connectivity index (χ2n) is 7.63. The lowest BCUT2D eigenvalue weighted by Crippen LogP contribution is -2.52. The summed E-state index contributed by atoms with van der Waals surface area (Å²) in [6.07, 6.45) is 6.72. The minimum absolute atomic E-state index is 0.380. The first-order chi connectivity index (χ1) is 12.2. The van der Waals surface area contributed by atoms with Crippen LogP contribution in [0.3, 0.4) is 0 Å². The van der Waals surface area contributed by atoms with E-state index in [0.29, 0.717) is 11.2 Å². The first-order valence-corrected chi connectivity index (χ1v) is 9.31. The molecule has 132 valence electrons. The van der Waals surface area contributed by atoms with Crippen molar-refractivity contribution in [3.8, 4) is 0 Å². The van der Waals surface area contributed by atoms with Crippen LogP contribution >= 0.6 is 0 Å². The van der Waals surface area contributed by atoms with E-state index in [-0.39, 0.29) is 0 Å². The highest BCUT2D eigenvalue weighted by Gasteiger charge is 2.39. The SMILES string of the molecule is Nc1cc(N2CCC[C@@]3(CCCN(Cc4ccccc4)C3)C2)ncn1. The van der Waals surface area contributed by atoms with Gasteiger partial charge in [0.05, 0.1) is 0 Å². The molecular weight excluding hydrogens is 310 g/mol. The largest absolute Gasteiger partial charge is 0.384 e. The van der Waals surface area contributed by atoms with Gasteiger partial charge in [0.25, 0.3) is 0 Å². The quantitative estimate of drug-likeness (QED) is 0.933. The second kappa shape index (κ2) is 7.00. The van der Waals surface area contributed by atoms with Gasteiger partial charge < -0.3 is 10.6 Å². The Labute approximate surface area is 149 Å². The predicted octanol–water partition coefficient (Wildman–Crippen LogP) is 2.94. The van der Waals surface area contributed by atoms with Gasteiger partial charge in [0.15, 0.2) is 0 Å². The molecule has 0 bridgehead atoms. The standard InChI is InChI=1S/C20H27N5/c21-18-12-19(23-16-22-18)25-11-5-9-20(15-25)8-4-10-24(14-20)13-17-6-2-1-3-7-17/h1-3,6-7,12,16H,4-5,8-11,13-15H2,(H2,21,22,23)/t20-/m1/s1. The number of nitrogen functional groups attached to an aromatic ring is 1. The van der Waals surface area contributed by atoms with E-state index in [4.69, 9.17) is 5.73 Å². The van der Waals surface area contributed by atoms with Gasteiger partial charge in [0.2, 0.25) is 0 Å². The molecule has 1 atom stereocenters. The van der Waals surface area contributed by atoms with E-state index < -0.39 is 0 Å². The van der Waals surface area contributed by atoms with Crippen molar-refractivity contribution in [2.45, 2.75) is 32.2 Å². The molecule has 2 aromatic rings. The van der Waals surface area contributed by atoms with Crippen molar-refractivity contribution >= 4 is 11.6 Å². The van der Waals surface area contributed by atoms with Crippen LogP contribution in [0.15, 0.2) is 42.7 Å². The topological polar surface area (TPSA) is 58.3 Å². The fourth-order valence-corrected chi connectivity index (χ4v) is 4.56. The maximum absolute atomic E-state index is 5.86. The van der Waals surface area contributed by atoms with E-state index in [2.05, 4.69) is 50.1 Å². The number of hydrogen-bond donors (Lipinski definition) is 1. The fraction of sp³-hybridized carbons (Fsp3) is 0.500. The number of piperidine rings is 2. The lowest BCUT2D eigenvalue weighted by molar-refractivity contribution is 0.0683. The smallest absolute Gasteiger partial charge is 0.134 e. The number of aromatic nitrogens is 2.